The molecule has 0 bridgehead atoms. The van der Waals surface area contributed by atoms with Crippen LogP contribution in [0.15, 0.2) is 0 Å². The summed E-state index contributed by atoms with van der Waals surface area (Å²) >= 11 is 0. The summed E-state index contributed by atoms with van der Waals surface area (Å²) in [6.07, 6.45) is 34.9. The minimum atomic E-state index is -1.47. The Balaban J connectivity index is 2.59. The second-order valence-electron chi connectivity index (χ2n) is 21.3. The molecule has 0 aromatic rings. The number of hydrogen-bond donors (Lipinski definition) is 2. The summed E-state index contributed by atoms with van der Waals surface area (Å²) in [7, 11) is 0. The maximum absolute atomic E-state index is 11.9. The summed E-state index contributed by atoms with van der Waals surface area (Å²) in [6, 6.07) is 0. The Bertz CT molecular complexity index is 1120. The van der Waals surface area contributed by atoms with Gasteiger partial charge in [-0.2, -0.15) is 0 Å². The van der Waals surface area contributed by atoms with E-state index in [-0.39, 0.29) is 6.61 Å². The third-order valence-electron chi connectivity index (χ3n) is 14.7. The Morgan fingerprint density at radius 2 is 0.732 bits per heavy atom. The highest BCUT2D eigenvalue weighted by molar-refractivity contribution is 5.01. The van der Waals surface area contributed by atoms with Crippen LogP contribution in [0.25, 0.3) is 0 Å². The predicted octanol–water partition coefficient (Wildman–Crippen LogP) is 14.9. The molecule has 2 rings (SSSR count). The lowest BCUT2D eigenvalue weighted by atomic mass is 9.98. The van der Waals surface area contributed by atoms with Crippen molar-refractivity contribution in [3.63, 3.8) is 0 Å². The highest BCUT2D eigenvalue weighted by Gasteiger charge is 2.61. The van der Waals surface area contributed by atoms with E-state index in [4.69, 9.17) is 42.6 Å². The molecule has 2 aliphatic heterocycles. The van der Waals surface area contributed by atoms with Gasteiger partial charge in [-0.25, -0.2) is 0 Å². The van der Waals surface area contributed by atoms with Crippen LogP contribution in [0.4, 0.5) is 0 Å². The fourth-order valence-corrected chi connectivity index (χ4v) is 10.1. The van der Waals surface area contributed by atoms with Gasteiger partial charge in [0.15, 0.2) is 6.29 Å². The molecular formula is C60H118O11. The Kier molecular flexibility index (Phi) is 44.0. The van der Waals surface area contributed by atoms with E-state index in [0.29, 0.717) is 46.2 Å². The van der Waals surface area contributed by atoms with Gasteiger partial charge in [-0.1, -0.05) is 234 Å². The number of aliphatic hydroxyl groups is 2. The lowest BCUT2D eigenvalue weighted by Gasteiger charge is -2.47. The standard InChI is InChI=1S/C60H118O11/c1-7-13-19-25-31-37-43-63-50-53-55(65-45-39-33-27-21-15-9-3)58(68-48-42-36-30-24-18-12-6)60(70-53,51-64-44-38-32-26-20-14-8-2)71-59-57(67-47-41-35-29-23-17-11-5)56(54(62)52(49-61)69-59)66-46-40-34-28-22-16-10-4/h52-59,61-62H,7-51H2,1-6H3/t52-,53-,54-,55-,56+,57-,58+,59-,60+/m1/s1. The Hall–Kier alpha value is -0.440. The SMILES string of the molecule is CCCCCCCCOC[C@H]1O[C@@](COCCCCCCCC)(O[C@H]2O[C@H](CO)[C@@H](O)[C@H](OCCCCCCCC)[C@H]2OCCCCCCCC)[C@@H](OCCCCCCCC)[C@@H]1OCCCCCCCC. The average Bonchev–Trinajstić information content (AvgIpc) is 3.65. The van der Waals surface area contributed by atoms with Gasteiger partial charge < -0.3 is 52.8 Å². The van der Waals surface area contributed by atoms with Gasteiger partial charge in [-0.05, 0) is 38.5 Å². The molecule has 2 N–H and O–H groups in total. The van der Waals surface area contributed by atoms with Crippen LogP contribution in [0.5, 0.6) is 0 Å². The molecule has 0 aromatic carbocycles. The molecule has 2 heterocycles. The third kappa shape index (κ3) is 30.2. The molecule has 0 radical (unpaired) electrons. The molecule has 0 amide bonds. The van der Waals surface area contributed by atoms with Crippen LogP contribution < -0.4 is 0 Å². The fourth-order valence-electron chi connectivity index (χ4n) is 10.1. The maximum Gasteiger partial charge on any atom is 0.224 e. The second-order valence-corrected chi connectivity index (χ2v) is 21.3. The second kappa shape index (κ2) is 46.8. The van der Waals surface area contributed by atoms with E-state index in [0.717, 1.165) is 89.9 Å². The third-order valence-corrected chi connectivity index (χ3v) is 14.7. The molecule has 11 nitrogen and oxygen atoms in total. The Morgan fingerprint density at radius 3 is 1.15 bits per heavy atom. The van der Waals surface area contributed by atoms with Crippen LogP contribution >= 0.6 is 0 Å². The van der Waals surface area contributed by atoms with E-state index in [9.17, 15) is 10.2 Å². The first-order valence-electron chi connectivity index (χ1n) is 30.9. The minimum absolute atomic E-state index is 0.0908. The van der Waals surface area contributed by atoms with E-state index >= 15 is 0 Å². The van der Waals surface area contributed by atoms with Crippen molar-refractivity contribution < 1.29 is 52.8 Å². The van der Waals surface area contributed by atoms with Gasteiger partial charge >= 0.3 is 0 Å². The smallest absolute Gasteiger partial charge is 0.224 e. The molecule has 424 valence electrons. The predicted molar refractivity (Wildman–Crippen MR) is 291 cm³/mol. The minimum Gasteiger partial charge on any atom is -0.394 e. The van der Waals surface area contributed by atoms with Crippen molar-refractivity contribution >= 4 is 0 Å². The van der Waals surface area contributed by atoms with E-state index in [1.54, 1.807) is 0 Å². The molecule has 2 aliphatic rings. The van der Waals surface area contributed by atoms with E-state index < -0.39 is 61.4 Å². The average molecular weight is 1020 g/mol. The first kappa shape index (κ1) is 66.7. The zero-order valence-electron chi connectivity index (χ0n) is 47.5. The van der Waals surface area contributed by atoms with Crippen molar-refractivity contribution in [1.82, 2.24) is 0 Å². The molecule has 0 unspecified atom stereocenters. The van der Waals surface area contributed by atoms with E-state index in [1.807, 2.05) is 0 Å². The van der Waals surface area contributed by atoms with Gasteiger partial charge in [0.25, 0.3) is 0 Å². The lowest BCUT2D eigenvalue weighted by molar-refractivity contribution is -0.393. The van der Waals surface area contributed by atoms with Gasteiger partial charge in [0.05, 0.1) is 13.2 Å². The largest absolute Gasteiger partial charge is 0.394 e. The fraction of sp³-hybridized carbons (Fsp3) is 1.00. The van der Waals surface area contributed by atoms with Crippen molar-refractivity contribution in [3.05, 3.63) is 0 Å². The quantitative estimate of drug-likeness (QED) is 0.0566. The Morgan fingerprint density at radius 1 is 0.380 bits per heavy atom. The van der Waals surface area contributed by atoms with Gasteiger partial charge in [-0.3, -0.25) is 0 Å². The molecule has 0 saturated carbocycles. The molecule has 9 atom stereocenters. The molecule has 0 spiro atoms. The summed E-state index contributed by atoms with van der Waals surface area (Å²) in [4.78, 5) is 0. The van der Waals surface area contributed by atoms with Crippen LogP contribution in [0.1, 0.15) is 273 Å². The van der Waals surface area contributed by atoms with Crippen molar-refractivity contribution in [2.24, 2.45) is 0 Å². The van der Waals surface area contributed by atoms with Crippen molar-refractivity contribution in [2.75, 3.05) is 59.5 Å². The maximum atomic E-state index is 11.9. The van der Waals surface area contributed by atoms with Crippen LogP contribution in [-0.2, 0) is 42.6 Å². The highest BCUT2D eigenvalue weighted by atomic mass is 16.8. The summed E-state index contributed by atoms with van der Waals surface area (Å²) in [5, 5.41) is 22.7. The molecule has 2 fully saturated rings. The van der Waals surface area contributed by atoms with Crippen molar-refractivity contribution in [2.45, 2.75) is 327 Å². The van der Waals surface area contributed by atoms with E-state index in [1.165, 1.54) is 141 Å². The van der Waals surface area contributed by atoms with Crippen LogP contribution in [0.2, 0.25) is 0 Å². The van der Waals surface area contributed by atoms with E-state index in [2.05, 4.69) is 41.5 Å². The van der Waals surface area contributed by atoms with Crippen LogP contribution in [0, 0.1) is 0 Å². The van der Waals surface area contributed by atoms with Crippen LogP contribution in [0.3, 0.4) is 0 Å². The first-order chi connectivity index (χ1) is 35.0. The normalized spacial score (nSPS) is 24.7. The van der Waals surface area contributed by atoms with Crippen LogP contribution in [-0.4, -0.2) is 124 Å². The van der Waals surface area contributed by atoms with Gasteiger partial charge in [0.2, 0.25) is 5.79 Å². The number of aliphatic hydroxyl groups excluding tert-OH is 2. The highest BCUT2D eigenvalue weighted by Crippen LogP contribution is 2.41. The van der Waals surface area contributed by atoms with Gasteiger partial charge in [-0.15, -0.1) is 0 Å². The van der Waals surface area contributed by atoms with Crippen molar-refractivity contribution in [3.8, 4) is 0 Å². The summed E-state index contributed by atoms with van der Waals surface area (Å²) in [6.45, 7) is 16.8. The number of unbranched alkanes of at least 4 members (excludes halogenated alkanes) is 30. The van der Waals surface area contributed by atoms with Crippen molar-refractivity contribution in [1.29, 1.82) is 0 Å². The molecule has 2 saturated heterocycles. The molecule has 0 aliphatic carbocycles. The first-order valence-corrected chi connectivity index (χ1v) is 30.9. The molecule has 11 heteroatoms. The lowest BCUT2D eigenvalue weighted by Crippen LogP contribution is -2.64. The molecule has 0 aromatic heterocycles. The Labute approximate surface area is 438 Å². The summed E-state index contributed by atoms with van der Waals surface area (Å²) in [5.74, 6) is -1.47. The summed E-state index contributed by atoms with van der Waals surface area (Å²) in [5.41, 5.74) is 0. The zero-order valence-corrected chi connectivity index (χ0v) is 47.5. The number of ether oxygens (including phenoxy) is 9. The zero-order chi connectivity index (χ0) is 51.3. The summed E-state index contributed by atoms with van der Waals surface area (Å²) < 4.78 is 62.0. The monoisotopic (exact) mass is 1010 g/mol. The van der Waals surface area contributed by atoms with Gasteiger partial charge in [0, 0.05) is 39.6 Å². The van der Waals surface area contributed by atoms with Gasteiger partial charge in [0.1, 0.15) is 49.3 Å². The molecular weight excluding hydrogens is 897 g/mol. The molecule has 71 heavy (non-hydrogen) atoms. The topological polar surface area (TPSA) is 124 Å². The number of hydrogen-bond acceptors (Lipinski definition) is 11. The number of rotatable bonds is 53.